The smallest absolute Gasteiger partial charge is 0.327 e. The number of aliphatic hydroxyl groups is 3. The normalized spacial score (nSPS) is 12.0. The molecule has 0 aromatic rings. The minimum Gasteiger partial charge on any atom is -0.478 e. The molecule has 0 saturated heterocycles. The van der Waals surface area contributed by atoms with Crippen molar-refractivity contribution in [3.05, 3.63) is 38.0 Å². The summed E-state index contributed by atoms with van der Waals surface area (Å²) in [6.45, 7) is 17.4. The summed E-state index contributed by atoms with van der Waals surface area (Å²) in [4.78, 5) is 27.8. The van der Waals surface area contributed by atoms with Crippen LogP contribution in [-0.4, -0.2) is 65.9 Å². The van der Waals surface area contributed by atoms with E-state index in [1.54, 1.807) is 34.6 Å². The zero-order chi connectivity index (χ0) is 24.4. The molecule has 2 unspecified atom stereocenters. The maximum atomic E-state index is 9.87. The van der Waals surface area contributed by atoms with Crippen LogP contribution in [0, 0.1) is 5.92 Å². The van der Waals surface area contributed by atoms with Gasteiger partial charge in [-0.05, 0) is 53.4 Å². The third-order valence-electron chi connectivity index (χ3n) is 2.89. The van der Waals surface area contributed by atoms with Gasteiger partial charge in [-0.2, -0.15) is 0 Å². The summed E-state index contributed by atoms with van der Waals surface area (Å²) in [5, 5.41) is 51.6. The summed E-state index contributed by atoms with van der Waals surface area (Å²) < 4.78 is 0. The molecule has 6 N–H and O–H groups in total. The Bertz CT molecular complexity index is 466. The number of hydrogen-bond acceptors (Lipinski definition) is 6. The molecule has 2 atom stereocenters. The minimum atomic E-state index is -0.981. The molecule has 170 valence electrons. The monoisotopic (exact) mass is 420 g/mol. The summed E-state index contributed by atoms with van der Waals surface area (Å²) >= 11 is 0. The molecule has 0 amide bonds. The van der Waals surface area contributed by atoms with Gasteiger partial charge in [0.1, 0.15) is 0 Å². The van der Waals surface area contributed by atoms with Crippen molar-refractivity contribution in [1.82, 2.24) is 0 Å². The maximum absolute atomic E-state index is 9.87. The van der Waals surface area contributed by atoms with Gasteiger partial charge in [-0.3, -0.25) is 0 Å². The number of rotatable bonds is 8. The first-order valence-corrected chi connectivity index (χ1v) is 8.52. The van der Waals surface area contributed by atoms with E-state index >= 15 is 0 Å². The zero-order valence-corrected chi connectivity index (χ0v) is 17.8. The van der Waals surface area contributed by atoms with Crippen molar-refractivity contribution in [1.29, 1.82) is 0 Å². The van der Waals surface area contributed by atoms with Crippen LogP contribution in [0.5, 0.6) is 0 Å². The molecule has 0 aliphatic heterocycles. The molecule has 0 aromatic heterocycles. The molecule has 0 aliphatic carbocycles. The second kappa shape index (κ2) is 17.6. The summed E-state index contributed by atoms with van der Waals surface area (Å²) in [5.74, 6) is -3.04. The van der Waals surface area contributed by atoms with Crippen molar-refractivity contribution in [2.75, 3.05) is 0 Å². The Morgan fingerprint density at radius 2 is 1.07 bits per heavy atom. The van der Waals surface area contributed by atoms with E-state index in [9.17, 15) is 29.7 Å². The molecule has 0 spiro atoms. The van der Waals surface area contributed by atoms with E-state index in [1.807, 2.05) is 0 Å². The van der Waals surface area contributed by atoms with Gasteiger partial charge >= 0.3 is 17.9 Å². The lowest BCUT2D eigenvalue weighted by atomic mass is 9.79. The van der Waals surface area contributed by atoms with Crippen molar-refractivity contribution in [3.8, 4) is 0 Å². The van der Waals surface area contributed by atoms with Crippen LogP contribution in [0.15, 0.2) is 38.0 Å². The molecule has 0 heterocycles. The number of carbonyl (C=O) groups is 3. The first-order valence-electron chi connectivity index (χ1n) is 8.52. The highest BCUT2D eigenvalue weighted by atomic mass is 16.4. The van der Waals surface area contributed by atoms with Crippen LogP contribution in [0.1, 0.15) is 47.5 Å². The van der Waals surface area contributed by atoms with Crippen molar-refractivity contribution < 1.29 is 45.0 Å². The molecular formula is C20H36O9. The van der Waals surface area contributed by atoms with Gasteiger partial charge in [0, 0.05) is 18.2 Å². The SMILES string of the molecule is C=CC(=O)O.C=CC(=O)O.C=CC(=O)O.CC(O)CC(CC(C)(C)O)C(C)(C)O. The first-order chi connectivity index (χ1) is 12.8. The Morgan fingerprint density at radius 3 is 1.17 bits per heavy atom. The number of aliphatic carboxylic acids is 3. The Labute approximate surface area is 172 Å². The maximum Gasteiger partial charge on any atom is 0.327 e. The Balaban J connectivity index is -0.000000171. The standard InChI is InChI=1S/C11H24O3.3C3H4O2/c1-8(12)6-9(11(4,5)14)7-10(2,3)13;3*1-2-3(4)5/h8-9,12-14H,6-7H2,1-5H3;3*2H,1H2,(H,4,5). The quantitative estimate of drug-likeness (QED) is 0.321. The van der Waals surface area contributed by atoms with Crippen LogP contribution in [0.25, 0.3) is 0 Å². The zero-order valence-electron chi connectivity index (χ0n) is 17.8. The second-order valence-corrected chi connectivity index (χ2v) is 7.08. The average molecular weight is 420 g/mol. The molecule has 0 fully saturated rings. The van der Waals surface area contributed by atoms with Gasteiger partial charge in [0.05, 0.1) is 17.3 Å². The fourth-order valence-electron chi connectivity index (χ4n) is 1.64. The minimum absolute atomic E-state index is 0.0949. The van der Waals surface area contributed by atoms with Gasteiger partial charge < -0.3 is 30.6 Å². The molecular weight excluding hydrogens is 384 g/mol. The molecule has 0 saturated carbocycles. The van der Waals surface area contributed by atoms with Gasteiger partial charge in [-0.15, -0.1) is 0 Å². The fraction of sp³-hybridized carbons (Fsp3) is 0.550. The van der Waals surface area contributed by atoms with Crippen molar-refractivity contribution in [2.45, 2.75) is 64.8 Å². The third kappa shape index (κ3) is 41.2. The molecule has 0 bridgehead atoms. The molecule has 0 aliphatic rings. The third-order valence-corrected chi connectivity index (χ3v) is 2.89. The van der Waals surface area contributed by atoms with E-state index in [4.69, 9.17) is 15.3 Å². The van der Waals surface area contributed by atoms with E-state index in [1.165, 1.54) is 0 Å². The van der Waals surface area contributed by atoms with Gasteiger partial charge in [0.25, 0.3) is 0 Å². The predicted molar refractivity (Wildman–Crippen MR) is 110 cm³/mol. The first kappa shape index (κ1) is 34.0. The summed E-state index contributed by atoms with van der Waals surface area (Å²) in [5.41, 5.74) is -1.67. The van der Waals surface area contributed by atoms with Crippen LogP contribution >= 0.6 is 0 Å². The highest BCUT2D eigenvalue weighted by Gasteiger charge is 2.32. The topological polar surface area (TPSA) is 173 Å². The summed E-state index contributed by atoms with van der Waals surface area (Å²) in [7, 11) is 0. The number of carboxylic acid groups (broad SMARTS) is 3. The van der Waals surface area contributed by atoms with Crippen LogP contribution < -0.4 is 0 Å². The molecule has 0 aromatic carbocycles. The van der Waals surface area contributed by atoms with Crippen molar-refractivity contribution in [2.24, 2.45) is 5.92 Å². The molecule has 0 rings (SSSR count). The summed E-state index contributed by atoms with van der Waals surface area (Å²) in [6.07, 6.45) is 3.04. The molecule has 29 heavy (non-hydrogen) atoms. The fourth-order valence-corrected chi connectivity index (χ4v) is 1.64. The van der Waals surface area contributed by atoms with Crippen molar-refractivity contribution in [3.63, 3.8) is 0 Å². The van der Waals surface area contributed by atoms with E-state index in [-0.39, 0.29) is 5.92 Å². The van der Waals surface area contributed by atoms with Crippen LogP contribution in [-0.2, 0) is 14.4 Å². The van der Waals surface area contributed by atoms with E-state index in [0.29, 0.717) is 12.8 Å². The van der Waals surface area contributed by atoms with Gasteiger partial charge in [0.2, 0.25) is 0 Å². The van der Waals surface area contributed by atoms with Gasteiger partial charge in [0.15, 0.2) is 0 Å². The number of hydrogen-bond donors (Lipinski definition) is 6. The molecule has 9 heteroatoms. The Hall–Kier alpha value is -2.49. The summed E-state index contributed by atoms with van der Waals surface area (Å²) in [6, 6.07) is 0. The average Bonchev–Trinajstić information content (AvgIpc) is 2.53. The van der Waals surface area contributed by atoms with Crippen LogP contribution in [0.2, 0.25) is 0 Å². The van der Waals surface area contributed by atoms with Gasteiger partial charge in [-0.1, -0.05) is 19.7 Å². The number of carboxylic acids is 3. The largest absolute Gasteiger partial charge is 0.478 e. The molecule has 9 nitrogen and oxygen atoms in total. The van der Waals surface area contributed by atoms with E-state index < -0.39 is 35.2 Å². The van der Waals surface area contributed by atoms with Crippen LogP contribution in [0.3, 0.4) is 0 Å². The lowest BCUT2D eigenvalue weighted by Crippen LogP contribution is -2.38. The Morgan fingerprint density at radius 1 is 0.828 bits per heavy atom. The lowest BCUT2D eigenvalue weighted by Gasteiger charge is -2.34. The van der Waals surface area contributed by atoms with Gasteiger partial charge in [-0.25, -0.2) is 14.4 Å². The van der Waals surface area contributed by atoms with Crippen LogP contribution in [0.4, 0.5) is 0 Å². The Kier molecular flexibility index (Phi) is 20.7. The predicted octanol–water partition coefficient (Wildman–Crippen LogP) is 2.08. The lowest BCUT2D eigenvalue weighted by molar-refractivity contribution is -0.132. The highest BCUT2D eigenvalue weighted by Crippen LogP contribution is 2.29. The molecule has 0 radical (unpaired) electrons. The van der Waals surface area contributed by atoms with E-state index in [0.717, 1.165) is 18.2 Å². The number of aliphatic hydroxyl groups excluding tert-OH is 1. The highest BCUT2D eigenvalue weighted by molar-refractivity contribution is 5.79. The second-order valence-electron chi connectivity index (χ2n) is 7.08. The van der Waals surface area contributed by atoms with Crippen molar-refractivity contribution >= 4 is 17.9 Å². The van der Waals surface area contributed by atoms with E-state index in [2.05, 4.69) is 19.7 Å².